The monoisotopic (exact) mass is 893 g/mol. The number of rotatable bonds is 13. The van der Waals surface area contributed by atoms with E-state index in [-0.39, 0.29) is 35.0 Å². The van der Waals surface area contributed by atoms with Crippen LogP contribution in [0.1, 0.15) is 138 Å². The molecule has 3 aliphatic rings. The molecule has 6 atom stereocenters. The van der Waals surface area contributed by atoms with Crippen molar-refractivity contribution in [2.24, 2.45) is 23.3 Å². The lowest BCUT2D eigenvalue weighted by Crippen LogP contribution is -2.59. The Morgan fingerprint density at radius 1 is 0.600 bits per heavy atom. The maximum atomic E-state index is 14.1. The number of primary amides is 2. The van der Waals surface area contributed by atoms with Gasteiger partial charge in [-0.3, -0.25) is 19.2 Å². The van der Waals surface area contributed by atoms with Crippen molar-refractivity contribution < 1.29 is 38.2 Å². The van der Waals surface area contributed by atoms with Crippen LogP contribution in [0.2, 0.25) is 0 Å². The summed E-state index contributed by atoms with van der Waals surface area (Å²) in [6, 6.07) is 23.0. The fraction of sp³-hybridized carbons (Fsp3) is 0.529. The van der Waals surface area contributed by atoms with Gasteiger partial charge in [-0.15, -0.1) is 0 Å². The summed E-state index contributed by atoms with van der Waals surface area (Å²) in [4.78, 5) is 83.0. The molecule has 14 nitrogen and oxygen atoms in total. The molecule has 3 aromatic carbocycles. The minimum absolute atomic E-state index is 0.0361. The molecule has 3 aromatic rings. The Bertz CT molecular complexity index is 2110. The predicted molar refractivity (Wildman–Crippen MR) is 247 cm³/mol. The van der Waals surface area contributed by atoms with E-state index >= 15 is 0 Å². The molecule has 3 fully saturated rings. The zero-order valence-electron chi connectivity index (χ0n) is 39.4. The molecular formula is C51H68N6O8. The molecule has 6 rings (SSSR count). The molecule has 6 amide bonds. The largest absolute Gasteiger partial charge is 0.453 e. The van der Waals surface area contributed by atoms with E-state index in [0.717, 1.165) is 24.0 Å². The van der Waals surface area contributed by atoms with Gasteiger partial charge in [-0.2, -0.15) is 0 Å². The Kier molecular flexibility index (Phi) is 14.4. The highest BCUT2D eigenvalue weighted by atomic mass is 16.5. The van der Waals surface area contributed by atoms with Gasteiger partial charge in [0.05, 0.1) is 14.2 Å². The van der Waals surface area contributed by atoms with Crippen molar-refractivity contribution in [2.75, 3.05) is 27.3 Å². The second kappa shape index (κ2) is 19.3. The van der Waals surface area contributed by atoms with Crippen molar-refractivity contribution in [3.05, 3.63) is 106 Å². The van der Waals surface area contributed by atoms with Gasteiger partial charge >= 0.3 is 12.2 Å². The van der Waals surface area contributed by atoms with Crippen LogP contribution in [0.4, 0.5) is 9.59 Å². The Hall–Kier alpha value is -5.92. The summed E-state index contributed by atoms with van der Waals surface area (Å²) >= 11 is 0. The number of likely N-dealkylation sites (tertiary alicyclic amines) is 2. The van der Waals surface area contributed by atoms with Crippen molar-refractivity contribution in [1.29, 1.82) is 0 Å². The number of hydrogen-bond donors (Lipinski definition) is 4. The molecule has 2 saturated heterocycles. The highest BCUT2D eigenvalue weighted by Crippen LogP contribution is 2.55. The van der Waals surface area contributed by atoms with E-state index in [2.05, 4.69) is 79.9 Å². The number of methoxy groups -OCH3 is 2. The van der Waals surface area contributed by atoms with E-state index in [1.807, 2.05) is 52.0 Å². The van der Waals surface area contributed by atoms with Crippen LogP contribution in [0.25, 0.3) is 0 Å². The molecule has 1 saturated carbocycles. The van der Waals surface area contributed by atoms with E-state index in [9.17, 15) is 28.8 Å². The van der Waals surface area contributed by atoms with E-state index in [0.29, 0.717) is 49.9 Å². The highest BCUT2D eigenvalue weighted by Gasteiger charge is 2.53. The van der Waals surface area contributed by atoms with Crippen LogP contribution >= 0.6 is 0 Å². The van der Waals surface area contributed by atoms with Crippen LogP contribution in [-0.4, -0.2) is 85.0 Å². The summed E-state index contributed by atoms with van der Waals surface area (Å²) in [7, 11) is 2.48. The number of carbonyl (C=O) groups excluding carboxylic acids is 6. The summed E-state index contributed by atoms with van der Waals surface area (Å²) in [5, 5.41) is 5.31. The van der Waals surface area contributed by atoms with Crippen molar-refractivity contribution >= 4 is 35.8 Å². The predicted octanol–water partition coefficient (Wildman–Crippen LogP) is 6.80. The zero-order chi connectivity index (χ0) is 47.6. The van der Waals surface area contributed by atoms with E-state index in [4.69, 9.17) is 20.9 Å². The fourth-order valence-corrected chi connectivity index (χ4v) is 10.8. The molecule has 2 heterocycles. The molecule has 0 aromatic heterocycles. The average molecular weight is 893 g/mol. The topological polar surface area (TPSA) is 203 Å². The summed E-state index contributed by atoms with van der Waals surface area (Å²) in [6.07, 6.45) is 2.12. The first-order valence-corrected chi connectivity index (χ1v) is 23.0. The van der Waals surface area contributed by atoms with Gasteiger partial charge in [0.25, 0.3) is 0 Å². The normalized spacial score (nSPS) is 24.1. The summed E-state index contributed by atoms with van der Waals surface area (Å²) < 4.78 is 9.61. The fourth-order valence-electron chi connectivity index (χ4n) is 10.8. The van der Waals surface area contributed by atoms with E-state index in [1.54, 1.807) is 0 Å². The molecule has 65 heavy (non-hydrogen) atoms. The number of carbonyl (C=O) groups is 6. The molecule has 2 aliphatic heterocycles. The first-order chi connectivity index (χ1) is 30.7. The number of hydrogen-bond acceptors (Lipinski definition) is 8. The second-order valence-electron chi connectivity index (χ2n) is 19.8. The first kappa shape index (κ1) is 48.5. The quantitative estimate of drug-likeness (QED) is 0.143. The Morgan fingerprint density at radius 3 is 1.26 bits per heavy atom. The van der Waals surface area contributed by atoms with Gasteiger partial charge in [0, 0.05) is 13.1 Å². The molecule has 350 valence electrons. The van der Waals surface area contributed by atoms with Crippen LogP contribution in [0.5, 0.6) is 0 Å². The Balaban J connectivity index is 1.35. The minimum atomic E-state index is -1.39. The number of nitrogens with zero attached hydrogens (tertiary/aromatic N) is 2. The van der Waals surface area contributed by atoms with Crippen molar-refractivity contribution in [3.63, 3.8) is 0 Å². The van der Waals surface area contributed by atoms with Gasteiger partial charge < -0.3 is 41.4 Å². The van der Waals surface area contributed by atoms with Crippen molar-refractivity contribution in [1.82, 2.24) is 20.4 Å². The third kappa shape index (κ3) is 9.18. The van der Waals surface area contributed by atoms with Gasteiger partial charge in [-0.25, -0.2) is 9.59 Å². The van der Waals surface area contributed by atoms with Gasteiger partial charge in [-0.05, 0) is 107 Å². The first-order valence-electron chi connectivity index (χ1n) is 23.0. The number of amides is 6. The molecule has 1 aliphatic carbocycles. The summed E-state index contributed by atoms with van der Waals surface area (Å²) in [5.74, 6) is -2.36. The standard InChI is InChI=1S/C51H68N6O8/c1-30(2)41(54-47(62)64-8)43(58)56-28-10-26-50(56,45(52)60)36-20-12-32(13-21-36)38-24-25-39(40(38)34-16-18-35(19-17-34)49(5,6)7)33-14-22-37(23-15-33)51(46(53)61)27-11-29-57(51)44(59)42(31(3)4)55-48(63)65-9/h12-23,30-31,38-42H,10-11,24-29H2,1-9H3,(H2,52,60)(H2,53,61)(H,54,62)(H,55,63)/t38?,39?,40?,41-,42-,50-,51-/m0/s1. The molecule has 0 spiro atoms. The zero-order valence-corrected chi connectivity index (χ0v) is 39.4. The summed E-state index contributed by atoms with van der Waals surface area (Å²) in [5.41, 5.74) is 15.5. The Morgan fingerprint density at radius 2 is 0.954 bits per heavy atom. The molecule has 14 heteroatoms. The van der Waals surface area contributed by atoms with Crippen LogP contribution in [0, 0.1) is 11.8 Å². The number of nitrogens with one attached hydrogen (secondary N) is 2. The van der Waals surface area contributed by atoms with Gasteiger partial charge in [0.1, 0.15) is 23.2 Å². The lowest BCUT2D eigenvalue weighted by Gasteiger charge is -2.39. The van der Waals surface area contributed by atoms with Crippen LogP contribution in [0.15, 0.2) is 72.8 Å². The van der Waals surface area contributed by atoms with Gasteiger partial charge in [0.2, 0.25) is 23.6 Å². The summed E-state index contributed by atoms with van der Waals surface area (Å²) in [6.45, 7) is 14.5. The van der Waals surface area contributed by atoms with Crippen LogP contribution in [-0.2, 0) is 45.1 Å². The number of ether oxygens (including phenoxy) is 2. The van der Waals surface area contributed by atoms with Gasteiger partial charge in [0.15, 0.2) is 0 Å². The second-order valence-corrected chi connectivity index (χ2v) is 19.8. The minimum Gasteiger partial charge on any atom is -0.453 e. The lowest BCUT2D eigenvalue weighted by atomic mass is 9.75. The lowest BCUT2D eigenvalue weighted by molar-refractivity contribution is -0.146. The van der Waals surface area contributed by atoms with Crippen molar-refractivity contribution in [3.8, 4) is 0 Å². The van der Waals surface area contributed by atoms with E-state index < -0.39 is 59.0 Å². The molecular weight excluding hydrogens is 825 g/mol. The molecule has 2 unspecified atom stereocenters. The highest BCUT2D eigenvalue weighted by molar-refractivity contribution is 5.96. The van der Waals surface area contributed by atoms with Crippen molar-refractivity contribution in [2.45, 2.75) is 133 Å². The third-order valence-electron chi connectivity index (χ3n) is 14.3. The third-order valence-corrected chi connectivity index (χ3v) is 14.3. The number of nitrogens with two attached hydrogens (primary N) is 2. The Labute approximate surface area is 383 Å². The van der Waals surface area contributed by atoms with Crippen LogP contribution < -0.4 is 22.1 Å². The maximum Gasteiger partial charge on any atom is 0.407 e. The molecule has 0 radical (unpaired) electrons. The average Bonchev–Trinajstić information content (AvgIpc) is 4.05. The van der Waals surface area contributed by atoms with Gasteiger partial charge in [-0.1, -0.05) is 121 Å². The van der Waals surface area contributed by atoms with Crippen LogP contribution in [0.3, 0.4) is 0 Å². The number of alkyl carbamates (subject to hydrolysis) is 2. The molecule has 0 bridgehead atoms. The molecule has 6 N–H and O–H groups in total. The van der Waals surface area contributed by atoms with E-state index in [1.165, 1.54) is 35.1 Å². The maximum absolute atomic E-state index is 14.1. The number of benzene rings is 3. The smallest absolute Gasteiger partial charge is 0.407 e. The SMILES string of the molecule is COC(=O)N[C@H](C(=O)N1CCC[C@@]1(C(N)=O)c1ccc(C2CCC(c3ccc([C@]4(C(N)=O)CCCN4C(=O)[C@@H](NC(=O)OC)C(C)C)cc3)C2c2ccc(C(C)(C)C)cc2)cc1)C(C)C.